The van der Waals surface area contributed by atoms with Crippen molar-refractivity contribution in [2.75, 3.05) is 39.5 Å². The van der Waals surface area contributed by atoms with Gasteiger partial charge in [-0.15, -0.1) is 0 Å². The zero-order valence-corrected chi connectivity index (χ0v) is 17.8. The predicted octanol–water partition coefficient (Wildman–Crippen LogP) is 3.73. The fourth-order valence-corrected chi connectivity index (χ4v) is 3.40. The van der Waals surface area contributed by atoms with Gasteiger partial charge in [-0.25, -0.2) is 13.8 Å². The minimum absolute atomic E-state index is 0.0680. The Morgan fingerprint density at radius 2 is 2.03 bits per heavy atom. The summed E-state index contributed by atoms with van der Waals surface area (Å²) in [4.78, 5) is 11.0. The molecule has 9 heteroatoms. The van der Waals surface area contributed by atoms with Gasteiger partial charge in [-0.2, -0.15) is 10.3 Å². The summed E-state index contributed by atoms with van der Waals surface area (Å²) in [5.74, 6) is -0.975. The van der Waals surface area contributed by atoms with Crippen LogP contribution in [-0.4, -0.2) is 59.8 Å². The van der Waals surface area contributed by atoms with E-state index < -0.39 is 17.2 Å². The number of halogens is 2. The number of nitriles is 1. The normalized spacial score (nSPS) is 16.1. The maximum Gasteiger partial charge on any atom is 0.234 e. The van der Waals surface area contributed by atoms with Gasteiger partial charge in [0.25, 0.3) is 0 Å². The molecular formula is C21H27F2N5O2. The minimum atomic E-state index is -0.802. The summed E-state index contributed by atoms with van der Waals surface area (Å²) < 4.78 is 42.2. The minimum Gasteiger partial charge on any atom is -0.479 e. The second-order valence-electron chi connectivity index (χ2n) is 8.11. The lowest BCUT2D eigenvalue weighted by molar-refractivity contribution is 0.0314. The van der Waals surface area contributed by atoms with E-state index >= 15 is 0 Å². The Bertz CT molecular complexity index is 982. The van der Waals surface area contributed by atoms with Crippen LogP contribution in [0.3, 0.4) is 0 Å². The van der Waals surface area contributed by atoms with Gasteiger partial charge < -0.3 is 14.0 Å². The summed E-state index contributed by atoms with van der Waals surface area (Å²) in [5, 5.41) is 9.15. The molecular weight excluding hydrogens is 392 g/mol. The molecule has 1 fully saturated rings. The zero-order valence-electron chi connectivity index (χ0n) is 17.8. The van der Waals surface area contributed by atoms with Crippen LogP contribution in [0.4, 0.5) is 14.7 Å². The van der Waals surface area contributed by atoms with Crippen molar-refractivity contribution in [2.24, 2.45) is 4.99 Å². The van der Waals surface area contributed by atoms with E-state index in [9.17, 15) is 8.78 Å². The molecule has 162 valence electrons. The van der Waals surface area contributed by atoms with Gasteiger partial charge in [0.2, 0.25) is 5.95 Å². The third-order valence-corrected chi connectivity index (χ3v) is 4.90. The molecule has 0 amide bonds. The van der Waals surface area contributed by atoms with Crippen molar-refractivity contribution in [2.45, 2.75) is 39.7 Å². The topological polar surface area (TPSA) is 75.7 Å². The molecule has 0 unspecified atom stereocenters. The summed E-state index contributed by atoms with van der Waals surface area (Å²) in [6.45, 7) is 11.8. The first-order valence-electron chi connectivity index (χ1n) is 10.1. The number of ether oxygens (including phenoxy) is 2. The molecule has 1 aromatic heterocycles. The molecule has 2 heterocycles. The van der Waals surface area contributed by atoms with Crippen molar-refractivity contribution in [3.8, 4) is 6.07 Å². The van der Waals surface area contributed by atoms with Gasteiger partial charge in [-0.3, -0.25) is 4.90 Å². The first kappa shape index (κ1) is 22.1. The first-order valence-corrected chi connectivity index (χ1v) is 10.1. The highest BCUT2D eigenvalue weighted by Gasteiger charge is 2.27. The quantitative estimate of drug-likeness (QED) is 0.545. The SMILES string of the molecule is CC/C(=N/c1nc2c(F)cc(C#N)c(F)c2n1C(C)(C)C)OCCN1CCOCC1. The molecule has 0 radical (unpaired) electrons. The van der Waals surface area contributed by atoms with E-state index in [4.69, 9.17) is 14.7 Å². The summed E-state index contributed by atoms with van der Waals surface area (Å²) in [6.07, 6.45) is 0.505. The van der Waals surface area contributed by atoms with Gasteiger partial charge in [-0.05, 0) is 26.8 Å². The van der Waals surface area contributed by atoms with E-state index in [0.717, 1.165) is 25.7 Å². The van der Waals surface area contributed by atoms with Gasteiger partial charge in [-0.1, -0.05) is 6.92 Å². The van der Waals surface area contributed by atoms with Crippen LogP contribution in [0.2, 0.25) is 0 Å². The van der Waals surface area contributed by atoms with E-state index in [0.29, 0.717) is 32.1 Å². The molecule has 2 aromatic rings. The van der Waals surface area contributed by atoms with Gasteiger partial charge in [0, 0.05) is 31.6 Å². The van der Waals surface area contributed by atoms with Crippen LogP contribution in [0.1, 0.15) is 39.7 Å². The molecule has 7 nitrogen and oxygen atoms in total. The van der Waals surface area contributed by atoms with Crippen molar-refractivity contribution < 1.29 is 18.3 Å². The highest BCUT2D eigenvalue weighted by molar-refractivity contribution is 5.84. The maximum absolute atomic E-state index is 14.9. The number of benzene rings is 1. The number of nitrogens with zero attached hydrogens (tertiary/aromatic N) is 5. The van der Waals surface area contributed by atoms with Crippen LogP contribution in [0, 0.1) is 23.0 Å². The monoisotopic (exact) mass is 419 g/mol. The average molecular weight is 419 g/mol. The first-order chi connectivity index (χ1) is 14.3. The van der Waals surface area contributed by atoms with Crippen molar-refractivity contribution in [1.29, 1.82) is 5.26 Å². The van der Waals surface area contributed by atoms with Crippen LogP contribution >= 0.6 is 0 Å². The van der Waals surface area contributed by atoms with Crippen LogP contribution in [-0.2, 0) is 15.0 Å². The lowest BCUT2D eigenvalue weighted by Gasteiger charge is -2.26. The highest BCUT2D eigenvalue weighted by Crippen LogP contribution is 2.34. The Kier molecular flexibility index (Phi) is 6.68. The average Bonchev–Trinajstić information content (AvgIpc) is 3.11. The molecule has 1 aliphatic heterocycles. The lowest BCUT2D eigenvalue weighted by atomic mass is 10.1. The number of rotatable bonds is 5. The molecule has 1 aromatic carbocycles. The molecule has 30 heavy (non-hydrogen) atoms. The fraction of sp³-hybridized carbons (Fsp3) is 0.571. The Balaban J connectivity index is 1.96. The van der Waals surface area contributed by atoms with Crippen LogP contribution < -0.4 is 0 Å². The molecule has 0 saturated carbocycles. The smallest absolute Gasteiger partial charge is 0.234 e. The summed E-state index contributed by atoms with van der Waals surface area (Å²) in [5.41, 5.74) is -1.23. The third kappa shape index (κ3) is 4.60. The Morgan fingerprint density at radius 1 is 1.33 bits per heavy atom. The molecule has 0 atom stereocenters. The van der Waals surface area contributed by atoms with Gasteiger partial charge in [0.15, 0.2) is 17.5 Å². The molecule has 0 spiro atoms. The molecule has 1 saturated heterocycles. The van der Waals surface area contributed by atoms with E-state index in [2.05, 4.69) is 14.9 Å². The van der Waals surface area contributed by atoms with E-state index in [1.807, 2.05) is 27.7 Å². The number of hydrogen-bond donors (Lipinski definition) is 0. The standard InChI is InChI=1S/C21H27F2N5O2/c1-5-16(30-11-8-27-6-9-29-10-7-27)25-20-26-18-15(22)12-14(13-24)17(23)19(18)28(20)21(2,3)4/h12H,5-11H2,1-4H3/b25-16-. The van der Waals surface area contributed by atoms with Gasteiger partial charge in [0.05, 0.1) is 18.8 Å². The molecule has 3 rings (SSSR count). The summed E-state index contributed by atoms with van der Waals surface area (Å²) in [6, 6.07) is 2.56. The van der Waals surface area contributed by atoms with Gasteiger partial charge in [0.1, 0.15) is 23.7 Å². The predicted molar refractivity (Wildman–Crippen MR) is 110 cm³/mol. The summed E-state index contributed by atoms with van der Waals surface area (Å²) >= 11 is 0. The number of imidazole rings is 1. The molecule has 0 bridgehead atoms. The lowest BCUT2D eigenvalue weighted by Crippen LogP contribution is -2.38. The highest BCUT2D eigenvalue weighted by atomic mass is 19.1. The third-order valence-electron chi connectivity index (χ3n) is 4.90. The molecule has 0 N–H and O–H groups in total. The molecule has 1 aliphatic rings. The Labute approximate surface area is 174 Å². The second kappa shape index (κ2) is 9.06. The van der Waals surface area contributed by atoms with Crippen molar-refractivity contribution in [3.63, 3.8) is 0 Å². The number of hydrogen-bond acceptors (Lipinski definition) is 6. The summed E-state index contributed by atoms with van der Waals surface area (Å²) in [7, 11) is 0. The molecule has 0 aliphatic carbocycles. The fourth-order valence-electron chi connectivity index (χ4n) is 3.40. The van der Waals surface area contributed by atoms with Crippen LogP contribution in [0.25, 0.3) is 11.0 Å². The maximum atomic E-state index is 14.9. The van der Waals surface area contributed by atoms with Crippen LogP contribution in [0.5, 0.6) is 0 Å². The van der Waals surface area contributed by atoms with Gasteiger partial charge >= 0.3 is 0 Å². The Morgan fingerprint density at radius 3 is 2.63 bits per heavy atom. The van der Waals surface area contributed by atoms with E-state index in [-0.39, 0.29) is 22.5 Å². The van der Waals surface area contributed by atoms with Crippen LogP contribution in [0.15, 0.2) is 11.1 Å². The van der Waals surface area contributed by atoms with E-state index in [1.54, 1.807) is 6.07 Å². The number of aromatic nitrogens is 2. The van der Waals surface area contributed by atoms with Crippen molar-refractivity contribution in [3.05, 3.63) is 23.3 Å². The number of fused-ring (bicyclic) bond motifs is 1. The number of aliphatic imine (C=N–C) groups is 1. The zero-order chi connectivity index (χ0) is 21.9. The van der Waals surface area contributed by atoms with Crippen molar-refractivity contribution >= 4 is 22.9 Å². The second-order valence-corrected chi connectivity index (χ2v) is 8.11. The largest absolute Gasteiger partial charge is 0.479 e. The number of morpholine rings is 1. The Hall–Kier alpha value is -2.57. The van der Waals surface area contributed by atoms with E-state index in [1.165, 1.54) is 4.57 Å². The van der Waals surface area contributed by atoms with Crippen molar-refractivity contribution in [1.82, 2.24) is 14.5 Å².